The van der Waals surface area contributed by atoms with Crippen LogP contribution in [0, 0.1) is 10.1 Å². The van der Waals surface area contributed by atoms with Crippen LogP contribution in [0.4, 0.5) is 5.69 Å². The highest BCUT2D eigenvalue weighted by Gasteiger charge is 2.25. The molecule has 1 saturated carbocycles. The van der Waals surface area contributed by atoms with Crippen LogP contribution in [0.1, 0.15) is 55.3 Å². The summed E-state index contributed by atoms with van der Waals surface area (Å²) in [7, 11) is 0. The molecule has 0 aliphatic heterocycles. The second-order valence-corrected chi connectivity index (χ2v) is 8.32. The van der Waals surface area contributed by atoms with Gasteiger partial charge in [0.1, 0.15) is 11.1 Å². The number of carbonyl (C=O) groups is 2. The normalized spacial score (nSPS) is 16.1. The molecular formula is C19H26ClN3O4S. The van der Waals surface area contributed by atoms with Crippen LogP contribution in [-0.2, 0) is 4.79 Å². The van der Waals surface area contributed by atoms with E-state index in [2.05, 4.69) is 10.6 Å². The van der Waals surface area contributed by atoms with Crippen molar-refractivity contribution < 1.29 is 14.5 Å². The minimum absolute atomic E-state index is 0.0356. The number of halogens is 1. The fourth-order valence-electron chi connectivity index (χ4n) is 3.27. The van der Waals surface area contributed by atoms with Crippen molar-refractivity contribution in [2.24, 2.45) is 0 Å². The Morgan fingerprint density at radius 1 is 1.29 bits per heavy atom. The molecule has 1 aromatic rings. The summed E-state index contributed by atoms with van der Waals surface area (Å²) in [5.41, 5.74) is -0.231. The topological polar surface area (TPSA) is 101 Å². The lowest BCUT2D eigenvalue weighted by molar-refractivity contribution is -0.384. The van der Waals surface area contributed by atoms with E-state index >= 15 is 0 Å². The lowest BCUT2D eigenvalue weighted by Crippen LogP contribution is -2.49. The Labute approximate surface area is 174 Å². The first-order valence-corrected chi connectivity index (χ1v) is 11.2. The summed E-state index contributed by atoms with van der Waals surface area (Å²) in [6, 6.07) is 3.32. The van der Waals surface area contributed by atoms with Gasteiger partial charge < -0.3 is 10.6 Å². The predicted octanol–water partition coefficient (Wildman–Crippen LogP) is 3.94. The molecule has 1 aromatic carbocycles. The lowest BCUT2D eigenvalue weighted by Gasteiger charge is -2.22. The second-order valence-electron chi connectivity index (χ2n) is 6.93. The van der Waals surface area contributed by atoms with E-state index in [1.807, 2.05) is 6.26 Å². The van der Waals surface area contributed by atoms with Crippen LogP contribution in [0.25, 0.3) is 0 Å². The Morgan fingerprint density at radius 3 is 2.57 bits per heavy atom. The number of hydrogen-bond donors (Lipinski definition) is 2. The SMILES string of the molecule is CSCCC(NC(=O)c1ccc(Cl)c([N+](=O)[O-])c1)C(=O)NC1CCCCCC1. The van der Waals surface area contributed by atoms with Crippen molar-refractivity contribution in [3.63, 3.8) is 0 Å². The maximum atomic E-state index is 12.8. The summed E-state index contributed by atoms with van der Waals surface area (Å²) < 4.78 is 0. The second kappa shape index (κ2) is 11.3. The maximum absolute atomic E-state index is 12.8. The molecule has 2 amide bonds. The fourth-order valence-corrected chi connectivity index (χ4v) is 3.92. The number of nitro groups is 1. The number of carbonyl (C=O) groups excluding carboxylic acids is 2. The molecular weight excluding hydrogens is 402 g/mol. The van der Waals surface area contributed by atoms with Crippen LogP contribution in [0.5, 0.6) is 0 Å². The highest BCUT2D eigenvalue weighted by Crippen LogP contribution is 2.25. The summed E-state index contributed by atoms with van der Waals surface area (Å²) in [5, 5.41) is 16.8. The fraction of sp³-hybridized carbons (Fsp3) is 0.579. The third-order valence-corrected chi connectivity index (χ3v) is 5.80. The molecule has 0 radical (unpaired) electrons. The molecule has 0 spiro atoms. The van der Waals surface area contributed by atoms with Gasteiger partial charge in [0.2, 0.25) is 5.91 Å². The molecule has 1 unspecified atom stereocenters. The Bertz CT molecular complexity index is 708. The molecule has 2 N–H and O–H groups in total. The minimum Gasteiger partial charge on any atom is -0.352 e. The first kappa shape index (κ1) is 22.5. The molecule has 0 saturated heterocycles. The van der Waals surface area contributed by atoms with Gasteiger partial charge in [0.15, 0.2) is 0 Å². The van der Waals surface area contributed by atoms with Crippen molar-refractivity contribution in [2.75, 3.05) is 12.0 Å². The Kier molecular flexibility index (Phi) is 9.05. The van der Waals surface area contributed by atoms with Crippen LogP contribution in [-0.4, -0.2) is 40.8 Å². The number of nitrogens with one attached hydrogen (secondary N) is 2. The van der Waals surface area contributed by atoms with Gasteiger partial charge in [-0.25, -0.2) is 0 Å². The van der Waals surface area contributed by atoms with Gasteiger partial charge in [-0.2, -0.15) is 11.8 Å². The molecule has 0 aromatic heterocycles. The van der Waals surface area contributed by atoms with Crippen molar-refractivity contribution >= 4 is 40.9 Å². The summed E-state index contributed by atoms with van der Waals surface area (Å²) in [4.78, 5) is 35.8. The van der Waals surface area contributed by atoms with Gasteiger partial charge in [0, 0.05) is 17.7 Å². The summed E-state index contributed by atoms with van der Waals surface area (Å²) in [5.74, 6) is -0.0104. The number of thioether (sulfide) groups is 1. The molecule has 28 heavy (non-hydrogen) atoms. The Balaban J connectivity index is 2.07. The Morgan fingerprint density at radius 2 is 1.96 bits per heavy atom. The number of nitro benzene ring substituents is 1. The molecule has 7 nitrogen and oxygen atoms in total. The van der Waals surface area contributed by atoms with Gasteiger partial charge >= 0.3 is 0 Å². The van der Waals surface area contributed by atoms with E-state index in [1.54, 1.807) is 11.8 Å². The van der Waals surface area contributed by atoms with Crippen molar-refractivity contribution in [2.45, 2.75) is 57.0 Å². The van der Waals surface area contributed by atoms with Crippen LogP contribution in [0.2, 0.25) is 5.02 Å². The molecule has 1 aliphatic carbocycles. The number of benzene rings is 1. The highest BCUT2D eigenvalue weighted by molar-refractivity contribution is 7.98. The first-order chi connectivity index (χ1) is 13.4. The summed E-state index contributed by atoms with van der Waals surface area (Å²) in [6.07, 6.45) is 8.91. The molecule has 1 atom stereocenters. The zero-order valence-electron chi connectivity index (χ0n) is 15.9. The molecule has 154 valence electrons. The van der Waals surface area contributed by atoms with E-state index in [4.69, 9.17) is 11.6 Å². The van der Waals surface area contributed by atoms with Crippen molar-refractivity contribution in [1.29, 1.82) is 0 Å². The van der Waals surface area contributed by atoms with E-state index in [0.717, 1.165) is 31.7 Å². The number of rotatable bonds is 8. The monoisotopic (exact) mass is 427 g/mol. The average molecular weight is 428 g/mol. The molecule has 1 aliphatic rings. The minimum atomic E-state index is -0.682. The van der Waals surface area contributed by atoms with Crippen LogP contribution in [0.3, 0.4) is 0 Å². The highest BCUT2D eigenvalue weighted by atomic mass is 35.5. The van der Waals surface area contributed by atoms with Crippen molar-refractivity contribution in [3.05, 3.63) is 38.9 Å². The van der Waals surface area contributed by atoms with Gasteiger partial charge in [0.25, 0.3) is 11.6 Å². The van der Waals surface area contributed by atoms with Gasteiger partial charge in [0.05, 0.1) is 4.92 Å². The van der Waals surface area contributed by atoms with E-state index in [9.17, 15) is 19.7 Å². The van der Waals surface area contributed by atoms with Crippen molar-refractivity contribution in [3.8, 4) is 0 Å². The number of hydrogen-bond acceptors (Lipinski definition) is 5. The zero-order valence-corrected chi connectivity index (χ0v) is 17.5. The Hall–Kier alpha value is -1.80. The molecule has 9 heteroatoms. The average Bonchev–Trinajstić information content (AvgIpc) is 2.93. The van der Waals surface area contributed by atoms with Gasteiger partial charge in [-0.1, -0.05) is 37.3 Å². The van der Waals surface area contributed by atoms with E-state index in [0.29, 0.717) is 12.2 Å². The van der Waals surface area contributed by atoms with Crippen molar-refractivity contribution in [1.82, 2.24) is 10.6 Å². The first-order valence-electron chi connectivity index (χ1n) is 9.46. The van der Waals surface area contributed by atoms with Gasteiger partial charge in [-0.3, -0.25) is 19.7 Å². The van der Waals surface area contributed by atoms with E-state index < -0.39 is 16.9 Å². The quantitative estimate of drug-likeness (QED) is 0.371. The largest absolute Gasteiger partial charge is 0.352 e. The molecule has 2 rings (SSSR count). The standard InChI is InChI=1S/C19H26ClN3O4S/c1-28-11-10-16(19(25)21-14-6-4-2-3-5-7-14)22-18(24)13-8-9-15(20)17(12-13)23(26)27/h8-9,12,14,16H,2-7,10-11H2,1H3,(H,21,25)(H,22,24). The van der Waals surface area contributed by atoms with Crippen LogP contribution >= 0.6 is 23.4 Å². The number of amides is 2. The molecule has 0 heterocycles. The maximum Gasteiger partial charge on any atom is 0.288 e. The van der Waals surface area contributed by atoms with Crippen LogP contribution < -0.4 is 10.6 Å². The van der Waals surface area contributed by atoms with E-state index in [-0.39, 0.29) is 28.2 Å². The smallest absolute Gasteiger partial charge is 0.288 e. The zero-order chi connectivity index (χ0) is 20.5. The van der Waals surface area contributed by atoms with Gasteiger partial charge in [-0.15, -0.1) is 0 Å². The number of nitrogens with zero attached hydrogens (tertiary/aromatic N) is 1. The summed E-state index contributed by atoms with van der Waals surface area (Å²) in [6.45, 7) is 0. The molecule has 0 bridgehead atoms. The van der Waals surface area contributed by atoms with E-state index in [1.165, 1.54) is 25.0 Å². The van der Waals surface area contributed by atoms with Crippen LogP contribution in [0.15, 0.2) is 18.2 Å². The third kappa shape index (κ3) is 6.67. The predicted molar refractivity (Wildman–Crippen MR) is 112 cm³/mol. The molecule has 1 fully saturated rings. The summed E-state index contributed by atoms with van der Waals surface area (Å²) >= 11 is 7.39. The third-order valence-electron chi connectivity index (χ3n) is 4.84. The lowest BCUT2D eigenvalue weighted by atomic mass is 10.1. The van der Waals surface area contributed by atoms with Gasteiger partial charge in [-0.05, 0) is 43.4 Å².